The second-order valence-electron chi connectivity index (χ2n) is 4.60. The molecule has 0 unspecified atom stereocenters. The summed E-state index contributed by atoms with van der Waals surface area (Å²) in [6.45, 7) is 10.2. The highest BCUT2D eigenvalue weighted by Crippen LogP contribution is 2.20. The number of halogens is 1. The summed E-state index contributed by atoms with van der Waals surface area (Å²) in [5.41, 5.74) is 1.45. The molecule has 0 heterocycles. The predicted octanol–water partition coefficient (Wildman–Crippen LogP) is 3.67. The first-order valence-electron chi connectivity index (χ1n) is 6.67. The zero-order valence-electron chi connectivity index (χ0n) is 12.5. The molecule has 0 atom stereocenters. The summed E-state index contributed by atoms with van der Waals surface area (Å²) in [6.07, 6.45) is 4.88. The number of carbonyl (C=O) groups excluding carboxylic acids is 1. The van der Waals surface area contributed by atoms with Crippen LogP contribution in [0.15, 0.2) is 55.3 Å². The third-order valence-corrected chi connectivity index (χ3v) is 3.09. The van der Waals surface area contributed by atoms with Crippen molar-refractivity contribution >= 4 is 23.2 Å². The van der Waals surface area contributed by atoms with Gasteiger partial charge in [-0.25, -0.2) is 0 Å². The molecule has 0 fully saturated rings. The lowest BCUT2D eigenvalue weighted by Crippen LogP contribution is -2.21. The number of amides is 1. The third-order valence-electron chi connectivity index (χ3n) is 2.85. The highest BCUT2D eigenvalue weighted by molar-refractivity contribution is 6.31. The number of nitrogens with one attached hydrogen (secondary N) is 1. The summed E-state index contributed by atoms with van der Waals surface area (Å²) in [4.78, 5) is 14.0. The number of nitrogens with zero attached hydrogens (tertiary/aromatic N) is 2. The van der Waals surface area contributed by atoms with Crippen molar-refractivity contribution in [1.29, 1.82) is 5.26 Å². The molecule has 1 aromatic carbocycles. The Balaban J connectivity index is 2.96. The summed E-state index contributed by atoms with van der Waals surface area (Å²) in [5, 5.41) is 12.4. The smallest absolute Gasteiger partial charge is 0.267 e. The molecule has 5 heteroatoms. The van der Waals surface area contributed by atoms with Gasteiger partial charge in [0.05, 0.1) is 0 Å². The van der Waals surface area contributed by atoms with Crippen LogP contribution in [0.3, 0.4) is 0 Å². The molecule has 0 radical (unpaired) electrons. The van der Waals surface area contributed by atoms with Gasteiger partial charge in [-0.3, -0.25) is 4.79 Å². The highest BCUT2D eigenvalue weighted by Gasteiger charge is 2.12. The van der Waals surface area contributed by atoms with Gasteiger partial charge in [0.25, 0.3) is 5.91 Å². The largest absolute Gasteiger partial charge is 0.369 e. The van der Waals surface area contributed by atoms with Crippen LogP contribution < -0.4 is 5.32 Å². The molecule has 22 heavy (non-hydrogen) atoms. The molecule has 114 valence electrons. The Kier molecular flexibility index (Phi) is 6.94. The van der Waals surface area contributed by atoms with E-state index >= 15 is 0 Å². The Morgan fingerprint density at radius 3 is 2.59 bits per heavy atom. The number of benzene rings is 1. The summed E-state index contributed by atoms with van der Waals surface area (Å²) >= 11 is 5.92. The van der Waals surface area contributed by atoms with E-state index in [0.717, 1.165) is 5.56 Å². The number of hydrogen-bond acceptors (Lipinski definition) is 3. The van der Waals surface area contributed by atoms with Gasteiger partial charge < -0.3 is 10.2 Å². The maximum atomic E-state index is 12.2. The number of anilines is 1. The van der Waals surface area contributed by atoms with Crippen LogP contribution in [0.5, 0.6) is 0 Å². The molecule has 1 aromatic rings. The minimum atomic E-state index is -0.481. The molecular formula is C17H18ClN3O. The molecule has 0 aliphatic heterocycles. The van der Waals surface area contributed by atoms with Crippen molar-refractivity contribution < 1.29 is 4.79 Å². The molecule has 4 nitrogen and oxygen atoms in total. The molecular weight excluding hydrogens is 298 g/mol. The first-order valence-corrected chi connectivity index (χ1v) is 7.05. The van der Waals surface area contributed by atoms with Crippen LogP contribution in [0.1, 0.15) is 5.56 Å². The molecule has 0 bridgehead atoms. The summed E-state index contributed by atoms with van der Waals surface area (Å²) in [6, 6.07) is 7.10. The van der Waals surface area contributed by atoms with E-state index in [1.807, 2.05) is 13.0 Å². The minimum Gasteiger partial charge on any atom is -0.369 e. The van der Waals surface area contributed by atoms with Gasteiger partial charge in [0, 0.05) is 30.0 Å². The summed E-state index contributed by atoms with van der Waals surface area (Å²) in [7, 11) is 0. The predicted molar refractivity (Wildman–Crippen MR) is 90.5 cm³/mol. The van der Waals surface area contributed by atoms with E-state index < -0.39 is 5.91 Å². The van der Waals surface area contributed by atoms with Crippen molar-refractivity contribution in [3.05, 3.63) is 65.9 Å². The second-order valence-corrected chi connectivity index (χ2v) is 5.04. The number of nitriles is 1. The zero-order chi connectivity index (χ0) is 16.5. The van der Waals surface area contributed by atoms with E-state index in [-0.39, 0.29) is 5.57 Å². The van der Waals surface area contributed by atoms with E-state index in [2.05, 4.69) is 18.5 Å². The van der Waals surface area contributed by atoms with E-state index in [0.29, 0.717) is 23.8 Å². The maximum absolute atomic E-state index is 12.2. The molecule has 0 aliphatic carbocycles. The number of hydrogen-bond donors (Lipinski definition) is 1. The number of rotatable bonds is 7. The number of aryl methyl sites for hydroxylation is 1. The Morgan fingerprint density at radius 2 is 2.05 bits per heavy atom. The lowest BCUT2D eigenvalue weighted by atomic mass is 10.2. The molecule has 0 saturated carbocycles. The number of carbonyl (C=O) groups is 1. The van der Waals surface area contributed by atoms with Gasteiger partial charge in [-0.1, -0.05) is 29.8 Å². The monoisotopic (exact) mass is 315 g/mol. The van der Waals surface area contributed by atoms with Gasteiger partial charge >= 0.3 is 0 Å². The van der Waals surface area contributed by atoms with Crippen LogP contribution >= 0.6 is 11.6 Å². The van der Waals surface area contributed by atoms with Gasteiger partial charge in [-0.05, 0) is 24.6 Å². The van der Waals surface area contributed by atoms with Crippen molar-refractivity contribution in [3.63, 3.8) is 0 Å². The fourth-order valence-corrected chi connectivity index (χ4v) is 1.92. The first kappa shape index (κ1) is 17.5. The van der Waals surface area contributed by atoms with Crippen LogP contribution in [-0.4, -0.2) is 23.9 Å². The summed E-state index contributed by atoms with van der Waals surface area (Å²) in [5.74, 6) is -0.481. The van der Waals surface area contributed by atoms with Gasteiger partial charge in [-0.15, -0.1) is 13.2 Å². The van der Waals surface area contributed by atoms with Crippen molar-refractivity contribution in [2.24, 2.45) is 0 Å². The zero-order valence-corrected chi connectivity index (χ0v) is 13.2. The molecule has 0 saturated heterocycles. The highest BCUT2D eigenvalue weighted by atomic mass is 35.5. The standard InChI is InChI=1S/C17H18ClN3O/c1-4-8-21(9-5-2)12-14(11-19)17(22)20-16-10-15(18)7-6-13(16)3/h4-7,10,12H,1-2,8-9H2,3H3,(H,20,22)/b14-12-. The maximum Gasteiger partial charge on any atom is 0.267 e. The molecule has 0 aromatic heterocycles. The molecule has 0 aliphatic rings. The third kappa shape index (κ3) is 5.12. The van der Waals surface area contributed by atoms with Crippen molar-refractivity contribution in [3.8, 4) is 6.07 Å². The minimum absolute atomic E-state index is 0.00285. The van der Waals surface area contributed by atoms with Gasteiger partial charge in [0.1, 0.15) is 11.6 Å². The Labute approximate surface area is 136 Å². The van der Waals surface area contributed by atoms with Gasteiger partial charge in [0.15, 0.2) is 0 Å². The van der Waals surface area contributed by atoms with E-state index in [1.54, 1.807) is 35.3 Å². The van der Waals surface area contributed by atoms with E-state index in [1.165, 1.54) is 6.20 Å². The van der Waals surface area contributed by atoms with Gasteiger partial charge in [0.2, 0.25) is 0 Å². The molecule has 1 rings (SSSR count). The topological polar surface area (TPSA) is 56.1 Å². The first-order chi connectivity index (χ1) is 10.5. The van der Waals surface area contributed by atoms with Crippen LogP contribution in [0.4, 0.5) is 5.69 Å². The Hall–Kier alpha value is -2.51. The van der Waals surface area contributed by atoms with E-state index in [4.69, 9.17) is 11.6 Å². The van der Waals surface area contributed by atoms with Crippen molar-refractivity contribution in [1.82, 2.24) is 4.90 Å². The van der Waals surface area contributed by atoms with Crippen molar-refractivity contribution in [2.45, 2.75) is 6.92 Å². The van der Waals surface area contributed by atoms with Crippen LogP contribution in [0, 0.1) is 18.3 Å². The molecule has 1 N–H and O–H groups in total. The van der Waals surface area contributed by atoms with Crippen molar-refractivity contribution in [2.75, 3.05) is 18.4 Å². The second kappa shape index (κ2) is 8.71. The lowest BCUT2D eigenvalue weighted by Gasteiger charge is -2.16. The van der Waals surface area contributed by atoms with Crippen LogP contribution in [-0.2, 0) is 4.79 Å². The van der Waals surface area contributed by atoms with Crippen LogP contribution in [0.2, 0.25) is 5.02 Å². The quantitative estimate of drug-likeness (QED) is 0.474. The van der Waals surface area contributed by atoms with Gasteiger partial charge in [-0.2, -0.15) is 5.26 Å². The molecule has 1 amide bonds. The fourth-order valence-electron chi connectivity index (χ4n) is 1.75. The van der Waals surface area contributed by atoms with E-state index in [9.17, 15) is 10.1 Å². The fraction of sp³-hybridized carbons (Fsp3) is 0.176. The summed E-state index contributed by atoms with van der Waals surface area (Å²) < 4.78 is 0. The average Bonchev–Trinajstić information content (AvgIpc) is 2.48. The molecule has 0 spiro atoms. The average molecular weight is 316 g/mol. The normalized spacial score (nSPS) is 10.5. The Bertz CT molecular complexity index is 634. The Morgan fingerprint density at radius 1 is 1.41 bits per heavy atom. The van der Waals surface area contributed by atoms with Crippen LogP contribution in [0.25, 0.3) is 0 Å². The SMILES string of the molecule is C=CCN(/C=C(/C#N)C(=O)Nc1cc(Cl)ccc1C)CC=C. The lowest BCUT2D eigenvalue weighted by molar-refractivity contribution is -0.112.